The summed E-state index contributed by atoms with van der Waals surface area (Å²) < 4.78 is 19.0. The number of hydrogen-bond acceptors (Lipinski definition) is 2. The molecular weight excluding hydrogens is 225 g/mol. The average molecular weight is 241 g/mol. The molecule has 1 rings (SSSR count). The predicted octanol–water partition coefficient (Wildman–Crippen LogP) is 2.88. The summed E-state index contributed by atoms with van der Waals surface area (Å²) in [5.74, 6) is 0.407. The minimum atomic E-state index is -0.436. The maximum absolute atomic E-state index is 13.5. The molecule has 0 saturated carbocycles. The second kappa shape index (κ2) is 5.80. The summed E-state index contributed by atoms with van der Waals surface area (Å²) in [5.41, 5.74) is 5.66. The van der Waals surface area contributed by atoms with Gasteiger partial charge in [-0.2, -0.15) is 0 Å². The van der Waals surface area contributed by atoms with E-state index in [1.807, 2.05) is 0 Å². The lowest BCUT2D eigenvalue weighted by molar-refractivity contribution is 0.255. The van der Waals surface area contributed by atoms with E-state index in [1.54, 1.807) is 12.1 Å². The number of hydrogen-bond donors (Lipinski definition) is 1. The lowest BCUT2D eigenvalue weighted by Gasteiger charge is -2.14. The first-order chi connectivity index (χ1) is 7.56. The molecule has 0 aliphatic heterocycles. The Balaban J connectivity index is 2.87. The van der Waals surface area contributed by atoms with E-state index in [-0.39, 0.29) is 10.6 Å². The van der Waals surface area contributed by atoms with Gasteiger partial charge in [-0.15, -0.1) is 0 Å². The van der Waals surface area contributed by atoms with E-state index < -0.39 is 5.82 Å². The van der Waals surface area contributed by atoms with Gasteiger partial charge in [-0.1, -0.05) is 38.6 Å². The van der Waals surface area contributed by atoms with Gasteiger partial charge in [-0.3, -0.25) is 0 Å². The highest BCUT2D eigenvalue weighted by atomic mass is 32.1. The molecule has 1 aromatic rings. The van der Waals surface area contributed by atoms with Crippen molar-refractivity contribution in [2.75, 3.05) is 6.61 Å². The fourth-order valence-corrected chi connectivity index (χ4v) is 1.41. The van der Waals surface area contributed by atoms with Crippen LogP contribution >= 0.6 is 12.2 Å². The van der Waals surface area contributed by atoms with Crippen LogP contribution in [0.2, 0.25) is 0 Å². The maximum Gasteiger partial charge on any atom is 0.137 e. The molecule has 0 amide bonds. The van der Waals surface area contributed by atoms with Crippen molar-refractivity contribution in [2.45, 2.75) is 20.3 Å². The van der Waals surface area contributed by atoms with E-state index >= 15 is 0 Å². The minimum Gasteiger partial charge on any atom is -0.492 e. The molecule has 2 N–H and O–H groups in total. The predicted molar refractivity (Wildman–Crippen MR) is 67.2 cm³/mol. The number of nitrogens with two attached hydrogens (primary N) is 1. The Bertz CT molecular complexity index is 381. The lowest BCUT2D eigenvalue weighted by atomic mass is 10.1. The van der Waals surface area contributed by atoms with Gasteiger partial charge in [0.15, 0.2) is 0 Å². The van der Waals surface area contributed by atoms with Crippen LogP contribution in [0.1, 0.15) is 25.8 Å². The second-order valence-electron chi connectivity index (χ2n) is 3.80. The summed E-state index contributed by atoms with van der Waals surface area (Å²) in [6, 6.07) is 4.59. The molecule has 0 aliphatic rings. The minimum absolute atomic E-state index is 0.0252. The monoisotopic (exact) mass is 241 g/mol. The molecule has 2 nitrogen and oxygen atoms in total. The molecule has 0 bridgehead atoms. The van der Waals surface area contributed by atoms with Gasteiger partial charge in [-0.25, -0.2) is 4.39 Å². The number of halogens is 1. The van der Waals surface area contributed by atoms with Crippen molar-refractivity contribution in [1.82, 2.24) is 0 Å². The standard InChI is InChI=1S/C12H16FNOS/c1-3-8(2)7-15-10-6-4-5-9(13)11(10)12(14)16/h4-6,8H,3,7H2,1-2H3,(H2,14,16). The largest absolute Gasteiger partial charge is 0.492 e. The summed E-state index contributed by atoms with van der Waals surface area (Å²) in [7, 11) is 0. The van der Waals surface area contributed by atoms with E-state index in [2.05, 4.69) is 13.8 Å². The Labute approximate surface area is 101 Å². The third-order valence-electron chi connectivity index (χ3n) is 2.44. The Morgan fingerprint density at radius 2 is 2.25 bits per heavy atom. The molecule has 0 heterocycles. The number of benzene rings is 1. The fraction of sp³-hybridized carbons (Fsp3) is 0.417. The molecule has 0 spiro atoms. The molecule has 4 heteroatoms. The van der Waals surface area contributed by atoms with E-state index in [9.17, 15) is 4.39 Å². The van der Waals surface area contributed by atoms with Gasteiger partial charge in [0.05, 0.1) is 12.2 Å². The summed E-state index contributed by atoms with van der Waals surface area (Å²) in [6.45, 7) is 4.68. The topological polar surface area (TPSA) is 35.2 Å². The van der Waals surface area contributed by atoms with Crippen molar-refractivity contribution in [3.05, 3.63) is 29.6 Å². The zero-order valence-corrected chi connectivity index (χ0v) is 10.3. The average Bonchev–Trinajstić information content (AvgIpc) is 2.25. The Kier molecular flexibility index (Phi) is 4.68. The van der Waals surface area contributed by atoms with Gasteiger partial charge in [0.2, 0.25) is 0 Å². The van der Waals surface area contributed by atoms with Gasteiger partial charge in [0, 0.05) is 0 Å². The highest BCUT2D eigenvalue weighted by Gasteiger charge is 2.12. The van der Waals surface area contributed by atoms with Gasteiger partial charge in [-0.05, 0) is 18.1 Å². The van der Waals surface area contributed by atoms with Crippen molar-refractivity contribution < 1.29 is 9.13 Å². The highest BCUT2D eigenvalue weighted by molar-refractivity contribution is 7.80. The zero-order valence-electron chi connectivity index (χ0n) is 9.50. The highest BCUT2D eigenvalue weighted by Crippen LogP contribution is 2.22. The first-order valence-electron chi connectivity index (χ1n) is 5.27. The van der Waals surface area contributed by atoms with Crippen LogP contribution in [0.3, 0.4) is 0 Å². The fourth-order valence-electron chi connectivity index (χ4n) is 1.21. The molecule has 0 aliphatic carbocycles. The van der Waals surface area contributed by atoms with Crippen LogP contribution in [0.15, 0.2) is 18.2 Å². The Morgan fingerprint density at radius 1 is 1.56 bits per heavy atom. The molecule has 1 aromatic carbocycles. The van der Waals surface area contributed by atoms with Crippen molar-refractivity contribution in [1.29, 1.82) is 0 Å². The van der Waals surface area contributed by atoms with Gasteiger partial charge in [0.1, 0.15) is 16.6 Å². The summed E-state index contributed by atoms with van der Waals surface area (Å²) in [4.78, 5) is 0.0252. The Morgan fingerprint density at radius 3 is 2.81 bits per heavy atom. The third-order valence-corrected chi connectivity index (χ3v) is 2.65. The Hall–Kier alpha value is -1.16. The molecule has 88 valence electrons. The van der Waals surface area contributed by atoms with Crippen LogP contribution in [-0.2, 0) is 0 Å². The van der Waals surface area contributed by atoms with Crippen molar-refractivity contribution in [3.8, 4) is 5.75 Å². The molecule has 0 aromatic heterocycles. The van der Waals surface area contributed by atoms with Crippen LogP contribution < -0.4 is 10.5 Å². The molecule has 1 unspecified atom stereocenters. The number of rotatable bonds is 5. The van der Waals surface area contributed by atoms with Crippen LogP contribution in [0.25, 0.3) is 0 Å². The van der Waals surface area contributed by atoms with Gasteiger partial charge in [0.25, 0.3) is 0 Å². The molecular formula is C12H16FNOS. The maximum atomic E-state index is 13.5. The lowest BCUT2D eigenvalue weighted by Crippen LogP contribution is -2.16. The second-order valence-corrected chi connectivity index (χ2v) is 4.24. The van der Waals surface area contributed by atoms with Crippen molar-refractivity contribution >= 4 is 17.2 Å². The molecule has 0 fully saturated rings. The van der Waals surface area contributed by atoms with Crippen molar-refractivity contribution in [3.63, 3.8) is 0 Å². The summed E-state index contributed by atoms with van der Waals surface area (Å²) in [6.07, 6.45) is 1.01. The van der Waals surface area contributed by atoms with Crippen LogP contribution in [-0.4, -0.2) is 11.6 Å². The first-order valence-corrected chi connectivity index (χ1v) is 5.68. The van der Waals surface area contributed by atoms with E-state index in [1.165, 1.54) is 6.07 Å². The summed E-state index contributed by atoms with van der Waals surface area (Å²) in [5, 5.41) is 0. The summed E-state index contributed by atoms with van der Waals surface area (Å²) >= 11 is 4.80. The smallest absolute Gasteiger partial charge is 0.137 e. The third kappa shape index (κ3) is 3.17. The zero-order chi connectivity index (χ0) is 12.1. The van der Waals surface area contributed by atoms with E-state index in [0.29, 0.717) is 18.3 Å². The molecule has 16 heavy (non-hydrogen) atoms. The van der Waals surface area contributed by atoms with Crippen molar-refractivity contribution in [2.24, 2.45) is 11.7 Å². The number of thiocarbonyl (C=S) groups is 1. The van der Waals surface area contributed by atoms with Gasteiger partial charge >= 0.3 is 0 Å². The quantitative estimate of drug-likeness (QED) is 0.805. The number of ether oxygens (including phenoxy) is 1. The first kappa shape index (κ1) is 12.9. The molecule has 0 radical (unpaired) electrons. The van der Waals surface area contributed by atoms with Crippen LogP contribution in [0, 0.1) is 11.7 Å². The molecule has 0 saturated heterocycles. The SMILES string of the molecule is CCC(C)COc1cccc(F)c1C(N)=S. The van der Waals surface area contributed by atoms with E-state index in [0.717, 1.165) is 6.42 Å². The van der Waals surface area contributed by atoms with Crippen LogP contribution in [0.5, 0.6) is 5.75 Å². The molecule has 1 atom stereocenters. The normalized spacial score (nSPS) is 12.2. The van der Waals surface area contributed by atoms with Crippen LogP contribution in [0.4, 0.5) is 4.39 Å². The van der Waals surface area contributed by atoms with Gasteiger partial charge < -0.3 is 10.5 Å². The van der Waals surface area contributed by atoms with E-state index in [4.69, 9.17) is 22.7 Å².